The van der Waals surface area contributed by atoms with Crippen LogP contribution < -0.4 is 0 Å². The van der Waals surface area contributed by atoms with Gasteiger partial charge in [0.25, 0.3) is 0 Å². The van der Waals surface area contributed by atoms with Crippen LogP contribution in [0.2, 0.25) is 0 Å². The Morgan fingerprint density at radius 1 is 0.528 bits per heavy atom. The molecule has 0 aromatic heterocycles. The van der Waals surface area contributed by atoms with Crippen molar-refractivity contribution in [3.63, 3.8) is 0 Å². The molecule has 3 aliphatic carbocycles. The van der Waals surface area contributed by atoms with Gasteiger partial charge in [0.05, 0.1) is 0 Å². The Morgan fingerprint density at radius 2 is 0.806 bits per heavy atom. The molecule has 0 spiro atoms. The summed E-state index contributed by atoms with van der Waals surface area (Å²) in [6, 6.07) is 0. The molecule has 4 heteroatoms. The molecule has 0 bridgehead atoms. The van der Waals surface area contributed by atoms with Crippen molar-refractivity contribution in [2.45, 2.75) is 154 Å². The number of aliphatic carboxylic acids is 2. The van der Waals surface area contributed by atoms with Crippen LogP contribution in [0, 0.1) is 11.8 Å². The highest BCUT2D eigenvalue weighted by molar-refractivity contribution is 5.66. The van der Waals surface area contributed by atoms with E-state index in [1.807, 2.05) is 0 Å². The zero-order valence-corrected chi connectivity index (χ0v) is 23.3. The summed E-state index contributed by atoms with van der Waals surface area (Å²) in [5.74, 6) is 0.835. The molecule has 0 heterocycles. The highest BCUT2D eigenvalue weighted by Gasteiger charge is 2.20. The smallest absolute Gasteiger partial charge is 0.303 e. The van der Waals surface area contributed by atoms with E-state index >= 15 is 0 Å². The van der Waals surface area contributed by atoms with Gasteiger partial charge in [-0.25, -0.2) is 0 Å². The van der Waals surface area contributed by atoms with Gasteiger partial charge in [0, 0.05) is 12.8 Å². The predicted octanol–water partition coefficient (Wildman–Crippen LogP) is 9.88. The Kier molecular flexibility index (Phi) is 19.4. The van der Waals surface area contributed by atoms with E-state index < -0.39 is 11.9 Å². The zero-order chi connectivity index (χ0) is 26.4. The Bertz CT molecular complexity index is 550. The van der Waals surface area contributed by atoms with E-state index in [0.717, 1.165) is 37.5 Å². The topological polar surface area (TPSA) is 74.6 Å². The second kappa shape index (κ2) is 21.5. The van der Waals surface area contributed by atoms with Crippen molar-refractivity contribution in [1.82, 2.24) is 0 Å². The third-order valence-electron chi connectivity index (χ3n) is 7.56. The van der Waals surface area contributed by atoms with Crippen molar-refractivity contribution >= 4 is 11.9 Å². The summed E-state index contributed by atoms with van der Waals surface area (Å²) in [7, 11) is 0. The summed E-state index contributed by atoms with van der Waals surface area (Å²) >= 11 is 0. The molecule has 2 N–H and O–H groups in total. The first kappa shape index (κ1) is 32.4. The number of carbonyl (C=O) groups is 2. The van der Waals surface area contributed by atoms with Crippen LogP contribution in [0.5, 0.6) is 0 Å². The molecule has 0 aromatic carbocycles. The van der Waals surface area contributed by atoms with Crippen LogP contribution in [-0.2, 0) is 9.59 Å². The van der Waals surface area contributed by atoms with Crippen molar-refractivity contribution < 1.29 is 19.8 Å². The fraction of sp³-hybridized carbons (Fsp3) is 0.812. The van der Waals surface area contributed by atoms with Crippen LogP contribution in [0.15, 0.2) is 24.3 Å². The number of allylic oxidation sites excluding steroid dienone is 2. The summed E-state index contributed by atoms with van der Waals surface area (Å²) < 4.78 is 0. The van der Waals surface area contributed by atoms with Gasteiger partial charge in [0.15, 0.2) is 0 Å². The summed E-state index contributed by atoms with van der Waals surface area (Å²) in [4.78, 5) is 20.4. The summed E-state index contributed by atoms with van der Waals surface area (Å²) in [5.41, 5.74) is 2.80. The molecule has 3 saturated carbocycles. The van der Waals surface area contributed by atoms with Crippen molar-refractivity contribution in [2.24, 2.45) is 11.8 Å². The lowest BCUT2D eigenvalue weighted by atomic mass is 9.93. The van der Waals surface area contributed by atoms with E-state index in [0.29, 0.717) is 12.8 Å². The molecule has 0 atom stereocenters. The van der Waals surface area contributed by atoms with Gasteiger partial charge in [-0.2, -0.15) is 0 Å². The van der Waals surface area contributed by atoms with E-state index in [9.17, 15) is 9.59 Å². The average Bonchev–Trinajstić information content (AvgIpc) is 3.76. The van der Waals surface area contributed by atoms with Gasteiger partial charge >= 0.3 is 11.9 Å². The second-order valence-corrected chi connectivity index (χ2v) is 11.5. The lowest BCUT2D eigenvalue weighted by molar-refractivity contribution is -0.138. The molecular weight excluding hydrogens is 448 g/mol. The van der Waals surface area contributed by atoms with Gasteiger partial charge in [-0.3, -0.25) is 9.59 Å². The van der Waals surface area contributed by atoms with Gasteiger partial charge < -0.3 is 10.2 Å². The van der Waals surface area contributed by atoms with E-state index in [1.54, 1.807) is 0 Å². The van der Waals surface area contributed by atoms with Crippen LogP contribution in [0.1, 0.15) is 154 Å². The standard InChI is InChI=1S/2C12H22O2.C8H12/c2*13-12(14)8-6-4-2-1-3-5-7-11-9-10-11;1-7-3-5-8(2)6-4-7/h2*11H,1-10H2,(H,13,14);1-6H2. The number of carboxylic acid groups (broad SMARTS) is 2. The fourth-order valence-corrected chi connectivity index (χ4v) is 4.60. The zero-order valence-electron chi connectivity index (χ0n) is 23.3. The first-order chi connectivity index (χ1) is 17.4. The third-order valence-corrected chi connectivity index (χ3v) is 7.56. The Morgan fingerprint density at radius 3 is 1.08 bits per heavy atom. The highest BCUT2D eigenvalue weighted by atomic mass is 16.4. The minimum atomic E-state index is -0.654. The van der Waals surface area contributed by atoms with Crippen molar-refractivity contribution in [3.05, 3.63) is 24.3 Å². The number of hydrogen-bond acceptors (Lipinski definition) is 2. The summed E-state index contributed by atoms with van der Waals surface area (Å²) in [6.07, 6.45) is 28.6. The maximum Gasteiger partial charge on any atom is 0.303 e. The molecule has 208 valence electrons. The van der Waals surface area contributed by atoms with E-state index in [2.05, 4.69) is 13.2 Å². The van der Waals surface area contributed by atoms with Crippen molar-refractivity contribution in [2.75, 3.05) is 0 Å². The Hall–Kier alpha value is -1.58. The van der Waals surface area contributed by atoms with Crippen LogP contribution in [0.3, 0.4) is 0 Å². The van der Waals surface area contributed by atoms with Gasteiger partial charge in [-0.05, 0) is 50.4 Å². The number of rotatable bonds is 18. The molecule has 0 amide bonds. The normalized spacial score (nSPS) is 17.0. The molecule has 3 aliphatic rings. The van der Waals surface area contributed by atoms with Crippen LogP contribution >= 0.6 is 0 Å². The highest BCUT2D eigenvalue weighted by Crippen LogP contribution is 2.34. The molecule has 0 radical (unpaired) electrons. The first-order valence-corrected chi connectivity index (χ1v) is 15.1. The molecule has 0 aromatic rings. The molecular formula is C32H56O4. The first-order valence-electron chi connectivity index (χ1n) is 15.1. The second-order valence-electron chi connectivity index (χ2n) is 11.5. The van der Waals surface area contributed by atoms with Gasteiger partial charge in [-0.15, -0.1) is 0 Å². The lowest BCUT2D eigenvalue weighted by Gasteiger charge is -2.13. The number of unbranched alkanes of at least 4 members (excludes halogenated alkanes) is 10. The molecule has 3 rings (SSSR count). The molecule has 0 unspecified atom stereocenters. The van der Waals surface area contributed by atoms with Crippen molar-refractivity contribution in [1.29, 1.82) is 0 Å². The largest absolute Gasteiger partial charge is 0.481 e. The molecule has 0 saturated heterocycles. The number of hydrogen-bond donors (Lipinski definition) is 2. The number of carboxylic acids is 2. The Balaban J connectivity index is 0.000000281. The van der Waals surface area contributed by atoms with Gasteiger partial charge in [0.1, 0.15) is 0 Å². The summed E-state index contributed by atoms with van der Waals surface area (Å²) in [5, 5.41) is 16.8. The minimum Gasteiger partial charge on any atom is -0.481 e. The molecule has 0 aliphatic heterocycles. The van der Waals surface area contributed by atoms with E-state index in [1.165, 1.54) is 127 Å². The van der Waals surface area contributed by atoms with Gasteiger partial charge in [-0.1, -0.05) is 127 Å². The van der Waals surface area contributed by atoms with Crippen LogP contribution in [0.25, 0.3) is 0 Å². The minimum absolute atomic E-state index is 0.349. The molecule has 4 nitrogen and oxygen atoms in total. The SMILES string of the molecule is C=C1CCC(=C)CC1.O=C(O)CCCCCCCCC1CC1.O=C(O)CCCCCCCCC1CC1. The average molecular weight is 505 g/mol. The Labute approximate surface area is 222 Å². The van der Waals surface area contributed by atoms with E-state index in [4.69, 9.17) is 10.2 Å². The fourth-order valence-electron chi connectivity index (χ4n) is 4.60. The maximum absolute atomic E-state index is 10.2. The molecule has 3 fully saturated rings. The van der Waals surface area contributed by atoms with Gasteiger partial charge in [0.2, 0.25) is 0 Å². The quantitative estimate of drug-likeness (QED) is 0.144. The monoisotopic (exact) mass is 504 g/mol. The van der Waals surface area contributed by atoms with Crippen molar-refractivity contribution in [3.8, 4) is 0 Å². The third kappa shape index (κ3) is 24.1. The van der Waals surface area contributed by atoms with Crippen LogP contribution in [-0.4, -0.2) is 22.2 Å². The lowest BCUT2D eigenvalue weighted by Crippen LogP contribution is -1.93. The summed E-state index contributed by atoms with van der Waals surface area (Å²) in [6.45, 7) is 7.82. The molecule has 36 heavy (non-hydrogen) atoms. The van der Waals surface area contributed by atoms with Crippen LogP contribution in [0.4, 0.5) is 0 Å². The predicted molar refractivity (Wildman–Crippen MR) is 151 cm³/mol. The maximum atomic E-state index is 10.2. The van der Waals surface area contributed by atoms with E-state index in [-0.39, 0.29) is 0 Å².